The average molecular weight is 521 g/mol. The molecule has 3 amide bonds. The molecule has 1 saturated heterocycles. The Labute approximate surface area is 225 Å². The highest BCUT2D eigenvalue weighted by atomic mass is 16.5. The van der Waals surface area contributed by atoms with Crippen LogP contribution in [0.4, 0.5) is 4.79 Å². The first-order valence-corrected chi connectivity index (χ1v) is 13.8. The molecule has 1 N–H and O–H groups in total. The van der Waals surface area contributed by atoms with Crippen molar-refractivity contribution in [2.75, 3.05) is 40.8 Å². The summed E-state index contributed by atoms with van der Waals surface area (Å²) in [5.41, 5.74) is 1.07. The van der Waals surface area contributed by atoms with Crippen LogP contribution in [0.5, 0.6) is 5.88 Å². The van der Waals surface area contributed by atoms with Crippen LogP contribution >= 0.6 is 0 Å². The van der Waals surface area contributed by atoms with Gasteiger partial charge in [-0.2, -0.15) is 4.98 Å². The topological polar surface area (TPSA) is 90.9 Å². The number of nitrogens with one attached hydrogen (secondary N) is 1. The Bertz CT molecular complexity index is 1130. The van der Waals surface area contributed by atoms with E-state index < -0.39 is 0 Å². The molecule has 0 atom stereocenters. The summed E-state index contributed by atoms with van der Waals surface area (Å²) in [6.07, 6.45) is 9.03. The van der Waals surface area contributed by atoms with E-state index in [4.69, 9.17) is 4.74 Å². The number of hydrogen-bond donors (Lipinski definition) is 1. The minimum absolute atomic E-state index is 0.00162. The summed E-state index contributed by atoms with van der Waals surface area (Å²) in [5, 5.41) is 2.88. The molecule has 5 rings (SSSR count). The number of methoxy groups -OCH3 is 1. The van der Waals surface area contributed by atoms with Gasteiger partial charge in [-0.1, -0.05) is 36.8 Å². The van der Waals surface area contributed by atoms with Crippen molar-refractivity contribution in [3.05, 3.63) is 54.0 Å². The fraction of sp³-hybridized carbons (Fsp3) is 0.586. The fourth-order valence-corrected chi connectivity index (χ4v) is 6.50. The lowest BCUT2D eigenvalue weighted by Gasteiger charge is -2.51. The molecule has 0 unspecified atom stereocenters. The largest absolute Gasteiger partial charge is 0.481 e. The highest BCUT2D eigenvalue weighted by Gasteiger charge is 2.55. The Balaban J connectivity index is 1.29. The van der Waals surface area contributed by atoms with Crippen molar-refractivity contribution < 1.29 is 14.3 Å². The second-order valence-corrected chi connectivity index (χ2v) is 11.4. The minimum atomic E-state index is -0.225. The van der Waals surface area contributed by atoms with Crippen molar-refractivity contribution in [2.45, 2.75) is 62.6 Å². The summed E-state index contributed by atoms with van der Waals surface area (Å²) in [6.45, 7) is 1.63. The molecule has 1 spiro atoms. The van der Waals surface area contributed by atoms with E-state index in [-0.39, 0.29) is 36.1 Å². The zero-order valence-corrected chi connectivity index (χ0v) is 22.9. The van der Waals surface area contributed by atoms with Gasteiger partial charge in [0.25, 0.3) is 0 Å². The van der Waals surface area contributed by atoms with Gasteiger partial charge in [0, 0.05) is 30.9 Å². The van der Waals surface area contributed by atoms with Gasteiger partial charge in [-0.15, -0.1) is 0 Å². The summed E-state index contributed by atoms with van der Waals surface area (Å²) < 4.78 is 5.14. The third-order valence-electron chi connectivity index (χ3n) is 9.07. The first kappa shape index (κ1) is 26.4. The Hall–Kier alpha value is -3.20. The molecule has 3 fully saturated rings. The lowest BCUT2D eigenvalue weighted by molar-refractivity contribution is -0.121. The molecule has 204 valence electrons. The number of rotatable bonds is 9. The summed E-state index contributed by atoms with van der Waals surface area (Å²) in [4.78, 5) is 41.3. The number of ether oxygens (including phenoxy) is 1. The van der Waals surface area contributed by atoms with Crippen LogP contribution in [0.2, 0.25) is 0 Å². The average Bonchev–Trinajstić information content (AvgIpc) is 3.15. The summed E-state index contributed by atoms with van der Waals surface area (Å²) in [6, 6.07) is 12.4. The van der Waals surface area contributed by atoms with Crippen LogP contribution in [0.1, 0.15) is 56.3 Å². The van der Waals surface area contributed by atoms with Crippen molar-refractivity contribution >= 4 is 11.9 Å². The predicted octanol–water partition coefficient (Wildman–Crippen LogP) is 3.41. The lowest BCUT2D eigenvalue weighted by Crippen LogP contribution is -2.56. The first-order chi connectivity index (χ1) is 18.3. The molecule has 1 aromatic carbocycles. The molecule has 0 bridgehead atoms. The van der Waals surface area contributed by atoms with Crippen LogP contribution < -0.4 is 10.1 Å². The van der Waals surface area contributed by atoms with Crippen molar-refractivity contribution in [1.29, 1.82) is 0 Å². The monoisotopic (exact) mass is 520 g/mol. The molecule has 38 heavy (non-hydrogen) atoms. The number of carbonyl (C=O) groups excluding carboxylic acids is 2. The zero-order chi connectivity index (χ0) is 26.8. The molecule has 3 aliphatic rings. The van der Waals surface area contributed by atoms with E-state index in [2.05, 4.69) is 69.5 Å². The number of hydrogen-bond acceptors (Lipinski definition) is 6. The van der Waals surface area contributed by atoms with Gasteiger partial charge in [0.15, 0.2) is 5.82 Å². The highest BCUT2D eigenvalue weighted by molar-refractivity contribution is 5.86. The van der Waals surface area contributed by atoms with E-state index in [1.807, 2.05) is 0 Å². The minimum Gasteiger partial charge on any atom is -0.481 e. The van der Waals surface area contributed by atoms with Crippen LogP contribution in [-0.4, -0.2) is 83.0 Å². The maximum absolute atomic E-state index is 13.7. The van der Waals surface area contributed by atoms with E-state index in [0.29, 0.717) is 24.2 Å². The van der Waals surface area contributed by atoms with Crippen molar-refractivity contribution in [3.8, 4) is 5.88 Å². The van der Waals surface area contributed by atoms with Crippen LogP contribution in [0.15, 0.2) is 42.6 Å². The quantitative estimate of drug-likeness (QED) is 0.545. The van der Waals surface area contributed by atoms with Gasteiger partial charge in [0.2, 0.25) is 11.8 Å². The molecule has 2 heterocycles. The second kappa shape index (κ2) is 10.9. The highest BCUT2D eigenvalue weighted by Crippen LogP contribution is 2.49. The van der Waals surface area contributed by atoms with Gasteiger partial charge >= 0.3 is 6.03 Å². The normalized spacial score (nSPS) is 25.6. The summed E-state index contributed by atoms with van der Waals surface area (Å²) in [7, 11) is 5.88. The first-order valence-electron chi connectivity index (χ1n) is 13.8. The van der Waals surface area contributed by atoms with Gasteiger partial charge in [-0.25, -0.2) is 9.78 Å². The Kier molecular flexibility index (Phi) is 7.56. The number of amides is 3. The predicted molar refractivity (Wildman–Crippen MR) is 144 cm³/mol. The number of urea groups is 1. The molecule has 2 saturated carbocycles. The van der Waals surface area contributed by atoms with E-state index >= 15 is 0 Å². The third kappa shape index (κ3) is 5.08. The smallest absolute Gasteiger partial charge is 0.321 e. The van der Waals surface area contributed by atoms with Gasteiger partial charge in [-0.3, -0.25) is 9.69 Å². The van der Waals surface area contributed by atoms with Crippen molar-refractivity contribution in [3.63, 3.8) is 0 Å². The van der Waals surface area contributed by atoms with Gasteiger partial charge in [0.05, 0.1) is 19.2 Å². The van der Waals surface area contributed by atoms with Crippen LogP contribution in [-0.2, 0) is 16.9 Å². The van der Waals surface area contributed by atoms with E-state index in [0.717, 1.165) is 32.2 Å². The maximum atomic E-state index is 13.7. The molecule has 0 radical (unpaired) electrons. The van der Waals surface area contributed by atoms with Crippen molar-refractivity contribution in [1.82, 2.24) is 30.0 Å². The fourth-order valence-electron chi connectivity index (χ4n) is 6.50. The second-order valence-electron chi connectivity index (χ2n) is 11.4. The van der Waals surface area contributed by atoms with Crippen LogP contribution in [0, 0.1) is 5.92 Å². The molecule has 2 aromatic rings. The number of benzene rings is 1. The SMILES string of the molecule is COc1ccnc(CNC(=O)CN2CC3(CCC(c4ccccc4)(N(C)C)CC3)N(CC3CCC3)C2=O)n1. The van der Waals surface area contributed by atoms with E-state index in [1.54, 1.807) is 24.3 Å². The number of aromatic nitrogens is 2. The molecular weight excluding hydrogens is 480 g/mol. The third-order valence-corrected chi connectivity index (χ3v) is 9.07. The van der Waals surface area contributed by atoms with Crippen LogP contribution in [0.3, 0.4) is 0 Å². The molecule has 1 aromatic heterocycles. The van der Waals surface area contributed by atoms with Gasteiger partial charge < -0.3 is 19.9 Å². The van der Waals surface area contributed by atoms with E-state index in [9.17, 15) is 9.59 Å². The Morgan fingerprint density at radius 1 is 1.13 bits per heavy atom. The summed E-state index contributed by atoms with van der Waals surface area (Å²) in [5.74, 6) is 1.30. The molecule has 9 nitrogen and oxygen atoms in total. The lowest BCUT2D eigenvalue weighted by atomic mass is 9.68. The van der Waals surface area contributed by atoms with Gasteiger partial charge in [-0.05, 0) is 64.1 Å². The molecule has 2 aliphatic carbocycles. The molecule has 1 aliphatic heterocycles. The van der Waals surface area contributed by atoms with Crippen molar-refractivity contribution in [2.24, 2.45) is 5.92 Å². The maximum Gasteiger partial charge on any atom is 0.321 e. The van der Waals surface area contributed by atoms with Gasteiger partial charge in [0.1, 0.15) is 6.54 Å². The standard InChI is InChI=1S/C29H40N6O3/c1-33(2)29(23-10-5-4-6-11-23)15-13-28(14-16-29)21-34(27(37)35(28)19-22-8-7-9-22)20-25(36)31-18-24-30-17-12-26(32-24)38-3/h4-6,10-12,17,22H,7-9,13-16,18-21H2,1-3H3,(H,31,36). The number of nitrogens with zero attached hydrogens (tertiary/aromatic N) is 5. The molecular formula is C29H40N6O3. The Morgan fingerprint density at radius 3 is 2.50 bits per heavy atom. The Morgan fingerprint density at radius 2 is 1.87 bits per heavy atom. The zero-order valence-electron chi connectivity index (χ0n) is 22.9. The number of carbonyl (C=O) groups is 2. The van der Waals surface area contributed by atoms with Crippen LogP contribution in [0.25, 0.3) is 0 Å². The molecule has 9 heteroatoms. The van der Waals surface area contributed by atoms with E-state index in [1.165, 1.54) is 24.8 Å². The summed E-state index contributed by atoms with van der Waals surface area (Å²) >= 11 is 0.